The zero-order valence-corrected chi connectivity index (χ0v) is 9.62. The van der Waals surface area contributed by atoms with Crippen LogP contribution in [0.5, 0.6) is 0 Å². The molecule has 1 heteroatoms. The van der Waals surface area contributed by atoms with Gasteiger partial charge in [0, 0.05) is 5.69 Å². The Kier molecular flexibility index (Phi) is 2.00. The molecule has 0 saturated heterocycles. The number of fused-ring (bicyclic) bond motifs is 2. The molecule has 0 aromatic heterocycles. The fraction of sp³-hybridized carbons (Fsp3) is 0.200. The SMILES string of the molecule is CC1=CC=CC2=Cc3cccc(C)c3NC12. The topological polar surface area (TPSA) is 12.0 Å². The van der Waals surface area contributed by atoms with Gasteiger partial charge in [-0.3, -0.25) is 0 Å². The highest BCUT2D eigenvalue weighted by Gasteiger charge is 2.22. The molecule has 0 spiro atoms. The van der Waals surface area contributed by atoms with Gasteiger partial charge in [-0.25, -0.2) is 0 Å². The van der Waals surface area contributed by atoms with Crippen LogP contribution in [0.15, 0.2) is 47.6 Å². The summed E-state index contributed by atoms with van der Waals surface area (Å²) in [5, 5.41) is 3.63. The lowest BCUT2D eigenvalue weighted by atomic mass is 9.88. The molecule has 1 aliphatic heterocycles. The van der Waals surface area contributed by atoms with Crippen LogP contribution in [-0.4, -0.2) is 6.04 Å². The number of hydrogen-bond acceptors (Lipinski definition) is 1. The van der Waals surface area contributed by atoms with E-state index in [2.05, 4.69) is 61.7 Å². The van der Waals surface area contributed by atoms with Gasteiger partial charge in [-0.15, -0.1) is 0 Å². The predicted molar refractivity (Wildman–Crippen MR) is 69.5 cm³/mol. The molecule has 0 bridgehead atoms. The van der Waals surface area contributed by atoms with Gasteiger partial charge in [-0.2, -0.15) is 0 Å². The maximum Gasteiger partial charge on any atom is 0.0728 e. The third kappa shape index (κ3) is 1.32. The molecule has 2 aliphatic rings. The van der Waals surface area contributed by atoms with Crippen molar-refractivity contribution in [3.05, 3.63) is 58.7 Å². The molecule has 80 valence electrons. The van der Waals surface area contributed by atoms with E-state index in [0.717, 1.165) is 0 Å². The minimum Gasteiger partial charge on any atom is -0.374 e. The Labute approximate surface area is 96.2 Å². The van der Waals surface area contributed by atoms with Gasteiger partial charge in [0.25, 0.3) is 0 Å². The van der Waals surface area contributed by atoms with Crippen molar-refractivity contribution in [1.29, 1.82) is 0 Å². The molecule has 3 rings (SSSR count). The monoisotopic (exact) mass is 209 g/mol. The molecule has 1 aromatic carbocycles. The second-order valence-electron chi connectivity index (χ2n) is 4.53. The molecule has 1 N–H and O–H groups in total. The summed E-state index contributed by atoms with van der Waals surface area (Å²) in [5.41, 5.74) is 6.63. The van der Waals surface area contributed by atoms with Gasteiger partial charge in [0.2, 0.25) is 0 Å². The van der Waals surface area contributed by atoms with E-state index in [1.807, 2.05) is 0 Å². The molecule has 0 fully saturated rings. The normalized spacial score (nSPS) is 21.5. The minimum absolute atomic E-state index is 0.360. The van der Waals surface area contributed by atoms with Crippen LogP contribution in [0.3, 0.4) is 0 Å². The van der Waals surface area contributed by atoms with Gasteiger partial charge in [0.05, 0.1) is 6.04 Å². The molecule has 0 amide bonds. The van der Waals surface area contributed by atoms with Crippen LogP contribution in [-0.2, 0) is 0 Å². The summed E-state index contributed by atoms with van der Waals surface area (Å²) in [7, 11) is 0. The Morgan fingerprint density at radius 3 is 2.94 bits per heavy atom. The van der Waals surface area contributed by atoms with Gasteiger partial charge < -0.3 is 5.32 Å². The van der Waals surface area contributed by atoms with Crippen LogP contribution in [0.2, 0.25) is 0 Å². The second-order valence-corrected chi connectivity index (χ2v) is 4.53. The summed E-state index contributed by atoms with van der Waals surface area (Å²) in [6, 6.07) is 6.80. The molecule has 1 unspecified atom stereocenters. The van der Waals surface area contributed by atoms with E-state index in [1.165, 1.54) is 28.0 Å². The van der Waals surface area contributed by atoms with E-state index < -0.39 is 0 Å². The average molecular weight is 209 g/mol. The Balaban J connectivity index is 2.16. The highest BCUT2D eigenvalue weighted by molar-refractivity contribution is 5.79. The molecule has 1 nitrogen and oxygen atoms in total. The summed E-state index contributed by atoms with van der Waals surface area (Å²) in [6.07, 6.45) is 8.78. The highest BCUT2D eigenvalue weighted by atomic mass is 14.9. The van der Waals surface area contributed by atoms with Crippen molar-refractivity contribution in [3.63, 3.8) is 0 Å². The van der Waals surface area contributed by atoms with Crippen LogP contribution in [0.1, 0.15) is 18.1 Å². The zero-order chi connectivity index (χ0) is 11.1. The number of anilines is 1. The number of benzene rings is 1. The molecule has 0 saturated carbocycles. The fourth-order valence-electron chi connectivity index (χ4n) is 2.43. The summed E-state index contributed by atoms with van der Waals surface area (Å²) < 4.78 is 0. The number of allylic oxidation sites excluding steroid dienone is 2. The van der Waals surface area contributed by atoms with Crippen LogP contribution in [0.4, 0.5) is 5.69 Å². The van der Waals surface area contributed by atoms with Gasteiger partial charge >= 0.3 is 0 Å². The average Bonchev–Trinajstić information content (AvgIpc) is 2.28. The van der Waals surface area contributed by atoms with Gasteiger partial charge in [-0.1, -0.05) is 36.4 Å². The van der Waals surface area contributed by atoms with Crippen LogP contribution < -0.4 is 5.32 Å². The molecule has 16 heavy (non-hydrogen) atoms. The smallest absolute Gasteiger partial charge is 0.0728 e. The maximum atomic E-state index is 3.63. The van der Waals surface area contributed by atoms with Crippen LogP contribution in [0.25, 0.3) is 6.08 Å². The van der Waals surface area contributed by atoms with Crippen molar-refractivity contribution >= 4 is 11.8 Å². The lowest BCUT2D eigenvalue weighted by molar-refractivity contribution is 0.956. The zero-order valence-electron chi connectivity index (χ0n) is 9.62. The van der Waals surface area contributed by atoms with E-state index in [-0.39, 0.29) is 0 Å². The second kappa shape index (κ2) is 3.38. The Morgan fingerprint density at radius 1 is 1.19 bits per heavy atom. The molecule has 1 atom stereocenters. The quantitative estimate of drug-likeness (QED) is 0.687. The molecular formula is C15H15N. The van der Waals surface area contributed by atoms with Crippen molar-refractivity contribution in [3.8, 4) is 0 Å². The van der Waals surface area contributed by atoms with Crippen LogP contribution >= 0.6 is 0 Å². The molecule has 1 aliphatic carbocycles. The van der Waals surface area contributed by atoms with Crippen molar-refractivity contribution in [2.75, 3.05) is 5.32 Å². The van der Waals surface area contributed by atoms with Crippen molar-refractivity contribution < 1.29 is 0 Å². The Bertz CT molecular complexity index is 532. The minimum atomic E-state index is 0.360. The first-order valence-electron chi connectivity index (χ1n) is 5.68. The lowest BCUT2D eigenvalue weighted by Gasteiger charge is -2.30. The summed E-state index contributed by atoms with van der Waals surface area (Å²) >= 11 is 0. The lowest BCUT2D eigenvalue weighted by Crippen LogP contribution is -2.27. The molecular weight excluding hydrogens is 194 g/mol. The first kappa shape index (κ1) is 9.46. The van der Waals surface area contributed by atoms with Crippen LogP contribution in [0, 0.1) is 6.92 Å². The summed E-state index contributed by atoms with van der Waals surface area (Å²) in [4.78, 5) is 0. The van der Waals surface area contributed by atoms with Crippen molar-refractivity contribution in [2.45, 2.75) is 19.9 Å². The first-order valence-corrected chi connectivity index (χ1v) is 5.68. The largest absolute Gasteiger partial charge is 0.374 e. The van der Waals surface area contributed by atoms with E-state index in [0.29, 0.717) is 6.04 Å². The van der Waals surface area contributed by atoms with E-state index >= 15 is 0 Å². The Hall–Kier alpha value is -1.76. The number of hydrogen-bond donors (Lipinski definition) is 1. The molecule has 1 heterocycles. The number of para-hydroxylation sites is 1. The van der Waals surface area contributed by atoms with E-state index in [9.17, 15) is 0 Å². The first-order chi connectivity index (χ1) is 7.75. The molecule has 0 radical (unpaired) electrons. The van der Waals surface area contributed by atoms with Gasteiger partial charge in [-0.05, 0) is 42.2 Å². The third-order valence-corrected chi connectivity index (χ3v) is 3.35. The van der Waals surface area contributed by atoms with Gasteiger partial charge in [0.1, 0.15) is 0 Å². The van der Waals surface area contributed by atoms with E-state index in [4.69, 9.17) is 0 Å². The standard InChI is InChI=1S/C15H15N/c1-10-5-3-7-12-9-13-8-4-6-11(2)15(13)16-14(10)12/h3-9,14,16H,1-2H3. The van der Waals surface area contributed by atoms with Crippen molar-refractivity contribution in [1.82, 2.24) is 0 Å². The number of nitrogens with one attached hydrogen (secondary N) is 1. The number of rotatable bonds is 0. The van der Waals surface area contributed by atoms with Crippen molar-refractivity contribution in [2.24, 2.45) is 0 Å². The molecule has 1 aromatic rings. The predicted octanol–water partition coefficient (Wildman–Crippen LogP) is 3.69. The Morgan fingerprint density at radius 2 is 2.06 bits per heavy atom. The summed E-state index contributed by atoms with van der Waals surface area (Å²) in [6.45, 7) is 4.33. The highest BCUT2D eigenvalue weighted by Crippen LogP contribution is 2.34. The fourth-order valence-corrected chi connectivity index (χ4v) is 2.43. The van der Waals surface area contributed by atoms with Gasteiger partial charge in [0.15, 0.2) is 0 Å². The summed E-state index contributed by atoms with van der Waals surface area (Å²) in [5.74, 6) is 0. The maximum absolute atomic E-state index is 3.63. The van der Waals surface area contributed by atoms with E-state index in [1.54, 1.807) is 0 Å². The third-order valence-electron chi connectivity index (χ3n) is 3.35. The number of aryl methyl sites for hydroxylation is 1.